The largest absolute Gasteiger partial charge is 0.415 e. The van der Waals surface area contributed by atoms with Crippen molar-refractivity contribution >= 4 is 16.9 Å². The monoisotopic (exact) mass is 241 g/mol. The van der Waals surface area contributed by atoms with E-state index in [1.807, 2.05) is 31.2 Å². The van der Waals surface area contributed by atoms with E-state index in [2.05, 4.69) is 20.2 Å². The number of nitrogens with two attached hydrogens (primary N) is 1. The van der Waals surface area contributed by atoms with Gasteiger partial charge < -0.3 is 10.5 Å². The maximum absolute atomic E-state index is 5.80. The van der Waals surface area contributed by atoms with Crippen molar-refractivity contribution in [3.8, 4) is 11.8 Å². The van der Waals surface area contributed by atoms with Gasteiger partial charge >= 0.3 is 0 Å². The number of nitrogen functional groups attached to an aromatic ring is 1. The Kier molecular flexibility index (Phi) is 2.33. The Hall–Kier alpha value is -2.63. The third-order valence-corrected chi connectivity index (χ3v) is 2.45. The number of aryl methyl sites for hydroxylation is 1. The lowest BCUT2D eigenvalue weighted by molar-refractivity contribution is 0.446. The average Bonchev–Trinajstić information content (AvgIpc) is 2.76. The number of nitrogens with zero attached hydrogens (tertiary/aromatic N) is 3. The molecule has 3 N–H and O–H groups in total. The lowest BCUT2D eigenvalue weighted by atomic mass is 10.3. The molecule has 6 heteroatoms. The standard InChI is InChI=1S/C12H11N5O/c1-7-6-10(17-16-7)18-12-11(13)14-8-4-2-3-5-9(8)15-12/h2-6H,1H3,(H2,13,14)(H,16,17). The Labute approximate surface area is 103 Å². The number of H-pyrrole nitrogens is 1. The van der Waals surface area contributed by atoms with Crippen LogP contribution in [0.15, 0.2) is 30.3 Å². The van der Waals surface area contributed by atoms with Gasteiger partial charge in [0.15, 0.2) is 5.82 Å². The highest BCUT2D eigenvalue weighted by Crippen LogP contribution is 2.25. The van der Waals surface area contributed by atoms with Gasteiger partial charge in [-0.2, -0.15) is 0 Å². The predicted octanol–water partition coefficient (Wildman–Crippen LogP) is 2.04. The van der Waals surface area contributed by atoms with Crippen LogP contribution in [0.2, 0.25) is 0 Å². The normalized spacial score (nSPS) is 10.7. The number of ether oxygens (including phenoxy) is 1. The van der Waals surface area contributed by atoms with Crippen molar-refractivity contribution in [2.75, 3.05) is 5.73 Å². The van der Waals surface area contributed by atoms with Crippen molar-refractivity contribution in [2.45, 2.75) is 6.92 Å². The lowest BCUT2D eigenvalue weighted by Crippen LogP contribution is -1.99. The van der Waals surface area contributed by atoms with Gasteiger partial charge in [-0.1, -0.05) is 12.1 Å². The van der Waals surface area contributed by atoms with Crippen LogP contribution in [-0.4, -0.2) is 20.2 Å². The van der Waals surface area contributed by atoms with Crippen molar-refractivity contribution in [3.05, 3.63) is 36.0 Å². The van der Waals surface area contributed by atoms with Gasteiger partial charge in [0.25, 0.3) is 5.88 Å². The van der Waals surface area contributed by atoms with E-state index in [4.69, 9.17) is 10.5 Å². The van der Waals surface area contributed by atoms with Gasteiger partial charge in [-0.3, -0.25) is 5.10 Å². The molecule has 0 aliphatic rings. The first-order chi connectivity index (χ1) is 8.72. The number of hydrogen-bond donors (Lipinski definition) is 2. The predicted molar refractivity (Wildman–Crippen MR) is 67.3 cm³/mol. The first-order valence-corrected chi connectivity index (χ1v) is 5.44. The molecule has 0 saturated carbocycles. The molecule has 0 saturated heterocycles. The molecule has 3 rings (SSSR count). The molecule has 0 unspecified atom stereocenters. The highest BCUT2D eigenvalue weighted by Gasteiger charge is 2.09. The Balaban J connectivity index is 2.03. The topological polar surface area (TPSA) is 89.7 Å². The lowest BCUT2D eigenvalue weighted by Gasteiger charge is -2.05. The molecule has 0 bridgehead atoms. The maximum Gasteiger partial charge on any atom is 0.264 e. The van der Waals surface area contributed by atoms with Crippen LogP contribution in [0.1, 0.15) is 5.69 Å². The summed E-state index contributed by atoms with van der Waals surface area (Å²) in [6.45, 7) is 1.88. The van der Waals surface area contributed by atoms with Crippen LogP contribution in [0, 0.1) is 6.92 Å². The van der Waals surface area contributed by atoms with E-state index in [0.717, 1.165) is 16.7 Å². The highest BCUT2D eigenvalue weighted by molar-refractivity contribution is 5.76. The van der Waals surface area contributed by atoms with E-state index in [-0.39, 0.29) is 11.7 Å². The molecule has 2 heterocycles. The van der Waals surface area contributed by atoms with Gasteiger partial charge in [0.05, 0.1) is 11.0 Å². The van der Waals surface area contributed by atoms with E-state index in [0.29, 0.717) is 5.88 Å². The second-order valence-corrected chi connectivity index (χ2v) is 3.89. The fourth-order valence-electron chi connectivity index (χ4n) is 1.62. The van der Waals surface area contributed by atoms with Gasteiger partial charge in [-0.15, -0.1) is 5.10 Å². The summed E-state index contributed by atoms with van der Waals surface area (Å²) in [5, 5.41) is 6.74. The SMILES string of the molecule is Cc1cc(Oc2nc3ccccc3nc2N)n[nH]1. The summed E-state index contributed by atoms with van der Waals surface area (Å²) in [6.07, 6.45) is 0. The first kappa shape index (κ1) is 10.5. The van der Waals surface area contributed by atoms with Crippen LogP contribution < -0.4 is 10.5 Å². The fourth-order valence-corrected chi connectivity index (χ4v) is 1.62. The number of fused-ring (bicyclic) bond motifs is 1. The van der Waals surface area contributed by atoms with E-state index in [9.17, 15) is 0 Å². The Bertz CT molecular complexity index is 707. The highest BCUT2D eigenvalue weighted by atomic mass is 16.5. The third kappa shape index (κ3) is 1.84. The van der Waals surface area contributed by atoms with E-state index >= 15 is 0 Å². The summed E-state index contributed by atoms with van der Waals surface area (Å²) in [6, 6.07) is 9.23. The number of rotatable bonds is 2. The van der Waals surface area contributed by atoms with Gasteiger partial charge in [-0.25, -0.2) is 9.97 Å². The molecule has 6 nitrogen and oxygen atoms in total. The quantitative estimate of drug-likeness (QED) is 0.716. The fraction of sp³-hybridized carbons (Fsp3) is 0.0833. The van der Waals surface area contributed by atoms with Crippen LogP contribution in [0.5, 0.6) is 11.8 Å². The Morgan fingerprint density at radius 3 is 2.56 bits per heavy atom. The summed E-state index contributed by atoms with van der Waals surface area (Å²) in [7, 11) is 0. The second kappa shape index (κ2) is 3.99. The molecule has 0 aliphatic carbocycles. The van der Waals surface area contributed by atoms with E-state index in [1.165, 1.54) is 0 Å². The number of benzene rings is 1. The molecule has 18 heavy (non-hydrogen) atoms. The summed E-state index contributed by atoms with van der Waals surface area (Å²) in [5.41, 5.74) is 8.17. The van der Waals surface area contributed by atoms with Gasteiger partial charge in [0.1, 0.15) is 0 Å². The number of para-hydroxylation sites is 2. The third-order valence-electron chi connectivity index (χ3n) is 2.45. The minimum absolute atomic E-state index is 0.245. The molecular weight excluding hydrogens is 230 g/mol. The zero-order valence-electron chi connectivity index (χ0n) is 9.71. The number of nitrogens with one attached hydrogen (secondary N) is 1. The summed E-state index contributed by atoms with van der Waals surface area (Å²) in [5.74, 6) is 0.929. The van der Waals surface area contributed by atoms with Gasteiger partial charge in [0.2, 0.25) is 5.88 Å². The maximum atomic E-state index is 5.80. The molecule has 3 aromatic rings. The van der Waals surface area contributed by atoms with Crippen molar-refractivity contribution in [3.63, 3.8) is 0 Å². The van der Waals surface area contributed by atoms with Crippen LogP contribution in [0.4, 0.5) is 5.82 Å². The second-order valence-electron chi connectivity index (χ2n) is 3.89. The number of anilines is 1. The average molecular weight is 241 g/mol. The molecule has 0 radical (unpaired) electrons. The molecule has 1 aromatic carbocycles. The first-order valence-electron chi connectivity index (χ1n) is 5.44. The molecule has 2 aromatic heterocycles. The molecule has 0 amide bonds. The molecule has 90 valence electrons. The molecule has 0 spiro atoms. The number of aromatic amines is 1. The molecule has 0 fully saturated rings. The zero-order valence-corrected chi connectivity index (χ0v) is 9.71. The van der Waals surface area contributed by atoms with Gasteiger partial charge in [0, 0.05) is 11.8 Å². The van der Waals surface area contributed by atoms with E-state index in [1.54, 1.807) is 6.07 Å². The summed E-state index contributed by atoms with van der Waals surface area (Å²) >= 11 is 0. The van der Waals surface area contributed by atoms with Crippen molar-refractivity contribution < 1.29 is 4.74 Å². The molecule has 0 aliphatic heterocycles. The van der Waals surface area contributed by atoms with Crippen LogP contribution >= 0.6 is 0 Å². The van der Waals surface area contributed by atoms with Crippen LogP contribution in [0.25, 0.3) is 11.0 Å². The Morgan fingerprint density at radius 1 is 1.17 bits per heavy atom. The summed E-state index contributed by atoms with van der Waals surface area (Å²) < 4.78 is 5.50. The molecular formula is C12H11N5O. The van der Waals surface area contributed by atoms with Crippen molar-refractivity contribution in [1.82, 2.24) is 20.2 Å². The van der Waals surface area contributed by atoms with Crippen LogP contribution in [-0.2, 0) is 0 Å². The number of hydrogen-bond acceptors (Lipinski definition) is 5. The molecule has 0 atom stereocenters. The minimum atomic E-state index is 0.245. The summed E-state index contributed by atoms with van der Waals surface area (Å²) in [4.78, 5) is 8.55. The smallest absolute Gasteiger partial charge is 0.264 e. The van der Waals surface area contributed by atoms with Crippen molar-refractivity contribution in [2.24, 2.45) is 0 Å². The Morgan fingerprint density at radius 2 is 1.89 bits per heavy atom. The van der Waals surface area contributed by atoms with Gasteiger partial charge in [-0.05, 0) is 19.1 Å². The number of aromatic nitrogens is 4. The van der Waals surface area contributed by atoms with Crippen molar-refractivity contribution in [1.29, 1.82) is 0 Å². The van der Waals surface area contributed by atoms with E-state index < -0.39 is 0 Å². The zero-order chi connectivity index (χ0) is 12.5. The minimum Gasteiger partial charge on any atom is -0.415 e. The van der Waals surface area contributed by atoms with Crippen LogP contribution in [0.3, 0.4) is 0 Å².